The number of nitrogens with zero attached hydrogens (tertiary/aromatic N) is 6. The third-order valence-electron chi connectivity index (χ3n) is 3.90. The molecule has 0 aliphatic carbocycles. The van der Waals surface area contributed by atoms with Crippen LogP contribution in [0.4, 0.5) is 0 Å². The van der Waals surface area contributed by atoms with Gasteiger partial charge in [0.2, 0.25) is 11.8 Å². The molecule has 132 valence electrons. The molecule has 0 spiro atoms. The van der Waals surface area contributed by atoms with Crippen LogP contribution in [0, 0.1) is 0 Å². The Bertz CT molecular complexity index is 1070. The van der Waals surface area contributed by atoms with Gasteiger partial charge in [-0.2, -0.15) is 0 Å². The van der Waals surface area contributed by atoms with Crippen LogP contribution in [-0.2, 0) is 6.54 Å². The second-order valence-corrected chi connectivity index (χ2v) is 5.81. The van der Waals surface area contributed by atoms with Gasteiger partial charge in [-0.25, -0.2) is 19.9 Å². The van der Waals surface area contributed by atoms with Gasteiger partial charge in [0.15, 0.2) is 11.5 Å². The van der Waals surface area contributed by atoms with E-state index in [0.29, 0.717) is 46.3 Å². The van der Waals surface area contributed by atoms with Crippen molar-refractivity contribution >= 4 is 17.2 Å². The lowest BCUT2D eigenvalue weighted by Gasteiger charge is -2.07. The van der Waals surface area contributed by atoms with E-state index in [9.17, 15) is 0 Å². The van der Waals surface area contributed by atoms with Crippen LogP contribution >= 0.6 is 11.6 Å². The molecule has 8 nitrogen and oxygen atoms in total. The number of imidazole rings is 2. The first-order valence-electron chi connectivity index (χ1n) is 7.78. The molecule has 4 rings (SSSR count). The van der Waals surface area contributed by atoms with E-state index < -0.39 is 0 Å². The molecule has 0 unspecified atom stereocenters. The number of rotatable bonds is 5. The molecule has 9 heteroatoms. The maximum absolute atomic E-state index is 6.50. The predicted octanol–water partition coefficient (Wildman–Crippen LogP) is 2.71. The van der Waals surface area contributed by atoms with E-state index in [1.807, 2.05) is 22.9 Å². The van der Waals surface area contributed by atoms with Crippen molar-refractivity contribution in [3.05, 3.63) is 53.8 Å². The van der Waals surface area contributed by atoms with E-state index in [2.05, 4.69) is 19.9 Å². The number of hydrogen-bond donors (Lipinski definition) is 0. The summed E-state index contributed by atoms with van der Waals surface area (Å²) in [6.45, 7) is 0.442. The molecular formula is C17H15ClN6O2. The van der Waals surface area contributed by atoms with Gasteiger partial charge in [-0.15, -0.1) is 0 Å². The molecule has 0 aromatic carbocycles. The Balaban J connectivity index is 1.71. The molecular weight excluding hydrogens is 356 g/mol. The number of ether oxygens (including phenoxy) is 2. The monoisotopic (exact) mass is 370 g/mol. The van der Waals surface area contributed by atoms with Crippen LogP contribution < -0.4 is 9.47 Å². The van der Waals surface area contributed by atoms with Crippen molar-refractivity contribution in [1.82, 2.24) is 28.9 Å². The predicted molar refractivity (Wildman–Crippen MR) is 95.7 cm³/mol. The summed E-state index contributed by atoms with van der Waals surface area (Å²) in [7, 11) is 3.14. The minimum absolute atomic E-state index is 0.442. The van der Waals surface area contributed by atoms with Crippen LogP contribution in [0.25, 0.3) is 17.2 Å². The molecule has 0 aliphatic rings. The maximum atomic E-state index is 6.50. The van der Waals surface area contributed by atoms with E-state index in [1.165, 1.54) is 0 Å². The summed E-state index contributed by atoms with van der Waals surface area (Å²) in [5, 5.41) is 0.499. The zero-order chi connectivity index (χ0) is 18.1. The van der Waals surface area contributed by atoms with Gasteiger partial charge in [0.25, 0.3) is 0 Å². The van der Waals surface area contributed by atoms with Crippen molar-refractivity contribution in [2.24, 2.45) is 0 Å². The minimum atomic E-state index is 0.442. The number of pyridine rings is 1. The average molecular weight is 371 g/mol. The molecule has 0 radical (unpaired) electrons. The highest BCUT2D eigenvalue weighted by molar-refractivity contribution is 6.30. The van der Waals surface area contributed by atoms with Crippen LogP contribution in [0.15, 0.2) is 43.0 Å². The van der Waals surface area contributed by atoms with Crippen molar-refractivity contribution in [2.75, 3.05) is 14.2 Å². The fourth-order valence-corrected chi connectivity index (χ4v) is 2.88. The summed E-state index contributed by atoms with van der Waals surface area (Å²) in [4.78, 5) is 17.5. The summed E-state index contributed by atoms with van der Waals surface area (Å²) >= 11 is 6.50. The van der Waals surface area contributed by atoms with Gasteiger partial charge in [-0.1, -0.05) is 17.7 Å². The summed E-state index contributed by atoms with van der Waals surface area (Å²) < 4.78 is 14.0. The lowest BCUT2D eigenvalue weighted by Crippen LogP contribution is -2.03. The second-order valence-electron chi connectivity index (χ2n) is 5.45. The van der Waals surface area contributed by atoms with Crippen molar-refractivity contribution in [3.63, 3.8) is 0 Å². The number of methoxy groups -OCH3 is 2. The molecule has 26 heavy (non-hydrogen) atoms. The number of hydrogen-bond acceptors (Lipinski definition) is 6. The van der Waals surface area contributed by atoms with Gasteiger partial charge in [0.1, 0.15) is 10.8 Å². The highest BCUT2D eigenvalue weighted by Crippen LogP contribution is 2.23. The van der Waals surface area contributed by atoms with Crippen LogP contribution in [-0.4, -0.2) is 43.1 Å². The quantitative estimate of drug-likeness (QED) is 0.537. The van der Waals surface area contributed by atoms with Crippen LogP contribution in [0.3, 0.4) is 0 Å². The molecule has 0 fully saturated rings. The van der Waals surface area contributed by atoms with Crippen molar-refractivity contribution < 1.29 is 9.47 Å². The fraction of sp³-hybridized carbons (Fsp3) is 0.176. The zero-order valence-corrected chi connectivity index (χ0v) is 14.9. The maximum Gasteiger partial charge on any atom is 0.230 e. The Kier molecular flexibility index (Phi) is 4.18. The summed E-state index contributed by atoms with van der Waals surface area (Å²) in [5.41, 5.74) is 2.05. The highest BCUT2D eigenvalue weighted by Gasteiger charge is 2.15. The van der Waals surface area contributed by atoms with Crippen LogP contribution in [0.2, 0.25) is 5.15 Å². The molecule has 0 N–H and O–H groups in total. The van der Waals surface area contributed by atoms with E-state index in [0.717, 1.165) is 0 Å². The summed E-state index contributed by atoms with van der Waals surface area (Å²) in [6, 6.07) is 5.54. The highest BCUT2D eigenvalue weighted by atomic mass is 35.5. The largest absolute Gasteiger partial charge is 0.481 e. The Morgan fingerprint density at radius 2 is 1.92 bits per heavy atom. The molecule has 0 amide bonds. The third kappa shape index (κ3) is 2.84. The minimum Gasteiger partial charge on any atom is -0.481 e. The average Bonchev–Trinajstić information content (AvgIpc) is 3.27. The number of fused-ring (bicyclic) bond motifs is 1. The Labute approximate surface area is 154 Å². The molecule has 0 bridgehead atoms. The third-order valence-corrected chi connectivity index (χ3v) is 4.30. The molecule has 0 atom stereocenters. The van der Waals surface area contributed by atoms with Crippen LogP contribution in [0.5, 0.6) is 11.8 Å². The lowest BCUT2D eigenvalue weighted by molar-refractivity contribution is 0.395. The van der Waals surface area contributed by atoms with Gasteiger partial charge in [-0.3, -0.25) is 4.40 Å². The Hall–Kier alpha value is -3.13. The SMILES string of the molecule is COc1cn2c(Cl)c(Cn3ccnc3-c3cccc(OC)n3)nc2cn1. The van der Waals surface area contributed by atoms with E-state index >= 15 is 0 Å². The van der Waals surface area contributed by atoms with Gasteiger partial charge in [-0.05, 0) is 6.07 Å². The van der Waals surface area contributed by atoms with Crippen molar-refractivity contribution in [3.8, 4) is 23.3 Å². The first-order chi connectivity index (χ1) is 12.7. The van der Waals surface area contributed by atoms with E-state index in [1.54, 1.807) is 43.3 Å². The number of aromatic nitrogens is 6. The van der Waals surface area contributed by atoms with Crippen LogP contribution in [0.1, 0.15) is 5.69 Å². The van der Waals surface area contributed by atoms with Crippen molar-refractivity contribution in [1.29, 1.82) is 0 Å². The summed E-state index contributed by atoms with van der Waals surface area (Å²) in [5.74, 6) is 1.70. The van der Waals surface area contributed by atoms with Crippen molar-refractivity contribution in [2.45, 2.75) is 6.54 Å². The first kappa shape index (κ1) is 16.3. The van der Waals surface area contributed by atoms with Gasteiger partial charge < -0.3 is 14.0 Å². The molecule has 4 aromatic heterocycles. The second kappa shape index (κ2) is 6.64. The van der Waals surface area contributed by atoms with Gasteiger partial charge >= 0.3 is 0 Å². The molecule has 0 saturated carbocycles. The van der Waals surface area contributed by atoms with Gasteiger partial charge in [0, 0.05) is 18.5 Å². The standard InChI is InChI=1S/C17H15ClN6O2/c1-25-14-5-3-4-11(22-14)17-19-6-7-23(17)9-12-16(18)24-10-15(26-2)20-8-13(24)21-12/h3-8,10H,9H2,1-2H3. The summed E-state index contributed by atoms with van der Waals surface area (Å²) in [6.07, 6.45) is 6.89. The van der Waals surface area contributed by atoms with E-state index in [-0.39, 0.29) is 0 Å². The molecule has 4 aromatic rings. The Morgan fingerprint density at radius 3 is 2.73 bits per heavy atom. The van der Waals surface area contributed by atoms with E-state index in [4.69, 9.17) is 21.1 Å². The molecule has 0 aliphatic heterocycles. The fourth-order valence-electron chi connectivity index (χ4n) is 2.65. The normalized spacial score (nSPS) is 11.0. The Morgan fingerprint density at radius 1 is 1.08 bits per heavy atom. The zero-order valence-electron chi connectivity index (χ0n) is 14.1. The first-order valence-corrected chi connectivity index (χ1v) is 8.16. The topological polar surface area (TPSA) is 79.4 Å². The molecule has 4 heterocycles. The molecule has 0 saturated heterocycles. The van der Waals surface area contributed by atoms with Gasteiger partial charge in [0.05, 0.1) is 38.9 Å². The number of halogens is 1. The lowest BCUT2D eigenvalue weighted by atomic mass is 10.3. The smallest absolute Gasteiger partial charge is 0.230 e.